The van der Waals surface area contributed by atoms with Crippen LogP contribution < -0.4 is 0 Å². The monoisotopic (exact) mass is 258 g/mol. The van der Waals surface area contributed by atoms with Crippen LogP contribution in [-0.2, 0) is 0 Å². The molecule has 0 spiro atoms. The number of ketones is 1. The van der Waals surface area contributed by atoms with Crippen LogP contribution in [0.5, 0.6) is 0 Å². The topological polar surface area (TPSA) is 17.1 Å². The second kappa shape index (κ2) is 4.31. The Morgan fingerprint density at radius 1 is 1.25 bits per heavy atom. The first-order valence-corrected chi connectivity index (χ1v) is 5.58. The number of hydrogen-bond donors (Lipinski definition) is 0. The molecule has 0 saturated carbocycles. The Bertz CT molecular complexity index is 551. The number of benzene rings is 1. The normalized spacial score (nSPS) is 10.4. The zero-order chi connectivity index (χ0) is 11.7. The molecule has 0 aliphatic carbocycles. The standard InChI is InChI=1S/C11H5ClF2OS/c12-8-3-4-16-11(8)10(15)7-5-6(13)1-2-9(7)14/h1-5H. The molecule has 1 heterocycles. The van der Waals surface area contributed by atoms with E-state index < -0.39 is 17.4 Å². The minimum atomic E-state index is -0.754. The van der Waals surface area contributed by atoms with Crippen molar-refractivity contribution in [1.82, 2.24) is 0 Å². The van der Waals surface area contributed by atoms with Gasteiger partial charge in [0.15, 0.2) is 0 Å². The van der Waals surface area contributed by atoms with Crippen molar-refractivity contribution in [1.29, 1.82) is 0 Å². The van der Waals surface area contributed by atoms with Crippen molar-refractivity contribution in [2.24, 2.45) is 0 Å². The molecule has 1 aromatic heterocycles. The van der Waals surface area contributed by atoms with E-state index in [1.165, 1.54) is 6.07 Å². The molecule has 0 saturated heterocycles. The van der Waals surface area contributed by atoms with Crippen LogP contribution in [-0.4, -0.2) is 5.78 Å². The molecule has 82 valence electrons. The van der Waals surface area contributed by atoms with Crippen molar-refractivity contribution in [3.8, 4) is 0 Å². The summed E-state index contributed by atoms with van der Waals surface area (Å²) in [4.78, 5) is 12.0. The van der Waals surface area contributed by atoms with Gasteiger partial charge < -0.3 is 0 Å². The maximum absolute atomic E-state index is 13.3. The Labute approximate surface area is 99.3 Å². The van der Waals surface area contributed by atoms with Gasteiger partial charge in [0.05, 0.1) is 15.5 Å². The van der Waals surface area contributed by atoms with Gasteiger partial charge in [-0.15, -0.1) is 11.3 Å². The third-order valence-corrected chi connectivity index (χ3v) is 3.34. The molecular weight excluding hydrogens is 254 g/mol. The number of halogens is 3. The fraction of sp³-hybridized carbons (Fsp3) is 0. The first-order chi connectivity index (χ1) is 7.59. The van der Waals surface area contributed by atoms with Crippen LogP contribution >= 0.6 is 22.9 Å². The molecule has 2 rings (SSSR count). The molecule has 16 heavy (non-hydrogen) atoms. The average Bonchev–Trinajstić information content (AvgIpc) is 2.67. The molecule has 0 aliphatic rings. The summed E-state index contributed by atoms with van der Waals surface area (Å²) < 4.78 is 26.2. The van der Waals surface area contributed by atoms with Crippen molar-refractivity contribution in [3.05, 3.63) is 56.7 Å². The fourth-order valence-electron chi connectivity index (χ4n) is 1.25. The summed E-state index contributed by atoms with van der Waals surface area (Å²) in [6.07, 6.45) is 0. The molecule has 0 unspecified atom stereocenters. The molecule has 0 amide bonds. The predicted molar refractivity (Wildman–Crippen MR) is 59.1 cm³/mol. The molecule has 5 heteroatoms. The third-order valence-electron chi connectivity index (χ3n) is 2.00. The summed E-state index contributed by atoms with van der Waals surface area (Å²) in [5, 5.41) is 1.87. The summed E-state index contributed by atoms with van der Waals surface area (Å²) in [5.74, 6) is -2.01. The zero-order valence-electron chi connectivity index (χ0n) is 7.84. The van der Waals surface area contributed by atoms with Gasteiger partial charge in [-0.3, -0.25) is 4.79 Å². The summed E-state index contributed by atoms with van der Waals surface area (Å²) in [6.45, 7) is 0. The Morgan fingerprint density at radius 2 is 2.00 bits per heavy atom. The fourth-order valence-corrected chi connectivity index (χ4v) is 2.34. The van der Waals surface area contributed by atoms with E-state index >= 15 is 0 Å². The van der Waals surface area contributed by atoms with Crippen LogP contribution in [0.3, 0.4) is 0 Å². The quantitative estimate of drug-likeness (QED) is 0.747. The highest BCUT2D eigenvalue weighted by molar-refractivity contribution is 7.13. The van der Waals surface area contributed by atoms with Crippen molar-refractivity contribution in [2.75, 3.05) is 0 Å². The van der Waals surface area contributed by atoms with E-state index in [9.17, 15) is 13.6 Å². The number of carbonyl (C=O) groups excluding carboxylic acids is 1. The number of thiophene rings is 1. The van der Waals surface area contributed by atoms with Crippen LogP contribution in [0.15, 0.2) is 29.6 Å². The summed E-state index contributed by atoms with van der Waals surface area (Å²) in [7, 11) is 0. The maximum atomic E-state index is 13.3. The second-order valence-electron chi connectivity index (χ2n) is 3.05. The van der Waals surface area contributed by atoms with Gasteiger partial charge in [-0.05, 0) is 29.6 Å². The van der Waals surface area contributed by atoms with E-state index in [1.807, 2.05) is 0 Å². The minimum Gasteiger partial charge on any atom is -0.288 e. The molecule has 0 atom stereocenters. The van der Waals surface area contributed by atoms with E-state index in [4.69, 9.17) is 11.6 Å². The average molecular weight is 259 g/mol. The molecule has 0 fully saturated rings. The second-order valence-corrected chi connectivity index (χ2v) is 4.37. The van der Waals surface area contributed by atoms with Gasteiger partial charge in [0.1, 0.15) is 11.6 Å². The Morgan fingerprint density at radius 3 is 2.62 bits per heavy atom. The van der Waals surface area contributed by atoms with Gasteiger partial charge in [0.25, 0.3) is 0 Å². The molecule has 0 radical (unpaired) electrons. The van der Waals surface area contributed by atoms with E-state index in [0.717, 1.165) is 29.5 Å². The largest absolute Gasteiger partial charge is 0.288 e. The number of carbonyl (C=O) groups is 1. The zero-order valence-corrected chi connectivity index (χ0v) is 9.41. The molecule has 0 N–H and O–H groups in total. The van der Waals surface area contributed by atoms with E-state index in [1.54, 1.807) is 5.38 Å². The molecule has 0 aliphatic heterocycles. The molecule has 2 aromatic rings. The maximum Gasteiger partial charge on any atom is 0.207 e. The highest BCUT2D eigenvalue weighted by atomic mass is 35.5. The summed E-state index contributed by atoms with van der Waals surface area (Å²) in [5.41, 5.74) is -0.302. The minimum absolute atomic E-state index is 0.214. The third kappa shape index (κ3) is 1.99. The van der Waals surface area contributed by atoms with Gasteiger partial charge in [-0.1, -0.05) is 11.6 Å². The molecule has 1 aromatic carbocycles. The van der Waals surface area contributed by atoms with Gasteiger partial charge >= 0.3 is 0 Å². The van der Waals surface area contributed by atoms with E-state index in [-0.39, 0.29) is 15.5 Å². The highest BCUT2D eigenvalue weighted by Crippen LogP contribution is 2.26. The predicted octanol–water partition coefficient (Wildman–Crippen LogP) is 3.91. The Balaban J connectivity index is 2.49. The van der Waals surface area contributed by atoms with Crippen molar-refractivity contribution in [3.63, 3.8) is 0 Å². The van der Waals surface area contributed by atoms with Crippen LogP contribution in [0.25, 0.3) is 0 Å². The summed E-state index contributed by atoms with van der Waals surface area (Å²) >= 11 is 6.85. The van der Waals surface area contributed by atoms with Crippen LogP contribution in [0, 0.1) is 11.6 Å². The lowest BCUT2D eigenvalue weighted by molar-refractivity contribution is 0.103. The van der Waals surface area contributed by atoms with Crippen LogP contribution in [0.1, 0.15) is 15.2 Å². The lowest BCUT2D eigenvalue weighted by atomic mass is 10.1. The van der Waals surface area contributed by atoms with Crippen molar-refractivity contribution >= 4 is 28.7 Å². The molecule has 0 bridgehead atoms. The van der Waals surface area contributed by atoms with Crippen LogP contribution in [0.4, 0.5) is 8.78 Å². The number of hydrogen-bond acceptors (Lipinski definition) is 2. The lowest BCUT2D eigenvalue weighted by Crippen LogP contribution is -2.03. The molecule has 1 nitrogen and oxygen atoms in total. The Hall–Kier alpha value is -1.26. The van der Waals surface area contributed by atoms with Gasteiger partial charge in [0.2, 0.25) is 5.78 Å². The lowest BCUT2D eigenvalue weighted by Gasteiger charge is -2.01. The first kappa shape index (κ1) is 11.2. The smallest absolute Gasteiger partial charge is 0.207 e. The van der Waals surface area contributed by atoms with E-state index in [0.29, 0.717) is 0 Å². The molecular formula is C11H5ClF2OS. The van der Waals surface area contributed by atoms with Crippen molar-refractivity contribution in [2.45, 2.75) is 0 Å². The van der Waals surface area contributed by atoms with E-state index in [2.05, 4.69) is 0 Å². The highest BCUT2D eigenvalue weighted by Gasteiger charge is 2.18. The SMILES string of the molecule is O=C(c1cc(F)ccc1F)c1sccc1Cl. The Kier molecular flexibility index (Phi) is 3.03. The summed E-state index contributed by atoms with van der Waals surface area (Å²) in [6, 6.07) is 4.29. The van der Waals surface area contributed by atoms with Gasteiger partial charge in [0, 0.05) is 0 Å². The first-order valence-electron chi connectivity index (χ1n) is 4.32. The van der Waals surface area contributed by atoms with Crippen molar-refractivity contribution < 1.29 is 13.6 Å². The van der Waals surface area contributed by atoms with Crippen LogP contribution in [0.2, 0.25) is 5.02 Å². The number of rotatable bonds is 2. The van der Waals surface area contributed by atoms with Gasteiger partial charge in [-0.25, -0.2) is 8.78 Å². The van der Waals surface area contributed by atoms with Gasteiger partial charge in [-0.2, -0.15) is 0 Å².